The van der Waals surface area contributed by atoms with Gasteiger partial charge in [-0.2, -0.15) is 9.40 Å². The molecule has 1 amide bonds. The van der Waals surface area contributed by atoms with Crippen LogP contribution in [0.3, 0.4) is 0 Å². The molecule has 1 aromatic carbocycles. The Morgan fingerprint density at radius 3 is 2.60 bits per heavy atom. The molecule has 3 rings (SSSR count). The van der Waals surface area contributed by atoms with Crippen molar-refractivity contribution < 1.29 is 13.2 Å². The van der Waals surface area contributed by atoms with Crippen LogP contribution in [0.25, 0.3) is 0 Å². The number of halogens is 2. The van der Waals surface area contributed by atoms with Gasteiger partial charge in [-0.3, -0.25) is 9.59 Å². The number of para-hydroxylation sites is 1. The van der Waals surface area contributed by atoms with Crippen LogP contribution in [0.4, 0.5) is 5.69 Å². The lowest BCUT2D eigenvalue weighted by atomic mass is 9.96. The van der Waals surface area contributed by atoms with E-state index in [4.69, 9.17) is 23.2 Å². The van der Waals surface area contributed by atoms with Crippen LogP contribution in [0.1, 0.15) is 32.1 Å². The van der Waals surface area contributed by atoms with Gasteiger partial charge in [-0.05, 0) is 25.0 Å². The largest absolute Gasteiger partial charge is 0.323 e. The van der Waals surface area contributed by atoms with Gasteiger partial charge in [-0.25, -0.2) is 13.1 Å². The van der Waals surface area contributed by atoms with Crippen molar-refractivity contribution in [2.45, 2.75) is 49.6 Å². The van der Waals surface area contributed by atoms with Gasteiger partial charge in [0.2, 0.25) is 15.9 Å². The van der Waals surface area contributed by atoms with Crippen molar-refractivity contribution in [3.63, 3.8) is 0 Å². The normalized spacial score (nSPS) is 15.3. The predicted molar refractivity (Wildman–Crippen MR) is 115 cm³/mol. The standard InChI is InChI=1S/C19H22Cl2N4O4S/c1-24(13-7-3-2-4-8-13)30(28,29)16-10-6-5-9-15(16)23-17(26)12-25-19(27)18(21)14(20)11-22-25/h5-6,9-11,13H,2-4,7-8,12H2,1H3,(H,23,26). The fourth-order valence-electron chi connectivity index (χ4n) is 3.47. The highest BCUT2D eigenvalue weighted by Gasteiger charge is 2.31. The van der Waals surface area contributed by atoms with Crippen molar-refractivity contribution in [2.24, 2.45) is 0 Å². The zero-order chi connectivity index (χ0) is 21.9. The highest BCUT2D eigenvalue weighted by Crippen LogP contribution is 2.29. The molecule has 1 heterocycles. The number of anilines is 1. The fourth-order valence-corrected chi connectivity index (χ4v) is 5.31. The summed E-state index contributed by atoms with van der Waals surface area (Å²) in [6.07, 6.45) is 5.89. The maximum atomic E-state index is 13.2. The van der Waals surface area contributed by atoms with Gasteiger partial charge in [-0.1, -0.05) is 54.6 Å². The number of carbonyl (C=O) groups excluding carboxylic acids is 1. The summed E-state index contributed by atoms with van der Waals surface area (Å²) in [6, 6.07) is 6.12. The van der Waals surface area contributed by atoms with E-state index in [0.717, 1.165) is 43.0 Å². The Bertz CT molecular complexity index is 1100. The molecule has 1 aliphatic carbocycles. The van der Waals surface area contributed by atoms with Crippen molar-refractivity contribution in [1.82, 2.24) is 14.1 Å². The topological polar surface area (TPSA) is 101 Å². The summed E-state index contributed by atoms with van der Waals surface area (Å²) in [5, 5.41) is 6.09. The molecule has 0 spiro atoms. The van der Waals surface area contributed by atoms with E-state index < -0.39 is 28.0 Å². The molecule has 1 fully saturated rings. The Kier molecular flexibility index (Phi) is 7.18. The lowest BCUT2D eigenvalue weighted by molar-refractivity contribution is -0.117. The molecule has 2 aromatic rings. The number of nitrogens with one attached hydrogen (secondary N) is 1. The van der Waals surface area contributed by atoms with Crippen LogP contribution in [0.15, 0.2) is 40.2 Å². The summed E-state index contributed by atoms with van der Waals surface area (Å²) in [5.41, 5.74) is -0.574. The second-order valence-corrected chi connectivity index (χ2v) is 9.88. The summed E-state index contributed by atoms with van der Waals surface area (Å²) in [7, 11) is -2.24. The van der Waals surface area contributed by atoms with Crippen LogP contribution in [0.2, 0.25) is 10.0 Å². The Morgan fingerprint density at radius 2 is 1.90 bits per heavy atom. The molecule has 1 N–H and O–H groups in total. The van der Waals surface area contributed by atoms with Crippen LogP contribution in [-0.2, 0) is 21.4 Å². The van der Waals surface area contributed by atoms with E-state index in [1.807, 2.05) is 0 Å². The molecule has 0 aliphatic heterocycles. The van der Waals surface area contributed by atoms with Gasteiger partial charge < -0.3 is 5.32 Å². The van der Waals surface area contributed by atoms with Gasteiger partial charge in [0, 0.05) is 13.1 Å². The van der Waals surface area contributed by atoms with Gasteiger partial charge in [0.25, 0.3) is 5.56 Å². The summed E-state index contributed by atoms with van der Waals surface area (Å²) < 4.78 is 28.7. The number of benzene rings is 1. The Morgan fingerprint density at radius 1 is 1.23 bits per heavy atom. The van der Waals surface area contributed by atoms with Crippen molar-refractivity contribution in [3.8, 4) is 0 Å². The number of amides is 1. The third kappa shape index (κ3) is 4.85. The van der Waals surface area contributed by atoms with E-state index in [-0.39, 0.29) is 26.7 Å². The molecule has 162 valence electrons. The highest BCUT2D eigenvalue weighted by molar-refractivity contribution is 7.89. The average molecular weight is 473 g/mol. The first kappa shape index (κ1) is 22.7. The number of hydrogen-bond acceptors (Lipinski definition) is 5. The first-order chi connectivity index (χ1) is 14.2. The predicted octanol–water partition coefficient (Wildman–Crippen LogP) is 3.14. The molecular weight excluding hydrogens is 451 g/mol. The molecule has 11 heteroatoms. The molecule has 1 aromatic heterocycles. The van der Waals surface area contributed by atoms with Gasteiger partial charge in [0.15, 0.2) is 0 Å². The number of sulfonamides is 1. The molecule has 0 atom stereocenters. The maximum absolute atomic E-state index is 13.2. The minimum atomic E-state index is -3.81. The summed E-state index contributed by atoms with van der Waals surface area (Å²) in [5.74, 6) is -0.619. The van der Waals surface area contributed by atoms with Gasteiger partial charge in [0.1, 0.15) is 16.5 Å². The van der Waals surface area contributed by atoms with E-state index in [1.54, 1.807) is 19.2 Å². The summed E-state index contributed by atoms with van der Waals surface area (Å²) >= 11 is 11.5. The minimum absolute atomic E-state index is 0.000804. The number of aromatic nitrogens is 2. The number of carbonyl (C=O) groups is 1. The average Bonchev–Trinajstić information content (AvgIpc) is 2.74. The zero-order valence-electron chi connectivity index (χ0n) is 16.3. The van der Waals surface area contributed by atoms with E-state index in [1.165, 1.54) is 16.4 Å². The molecule has 8 nitrogen and oxygen atoms in total. The van der Waals surface area contributed by atoms with Gasteiger partial charge in [-0.15, -0.1) is 0 Å². The van der Waals surface area contributed by atoms with Crippen molar-refractivity contribution in [1.29, 1.82) is 0 Å². The maximum Gasteiger partial charge on any atom is 0.287 e. The smallest absolute Gasteiger partial charge is 0.287 e. The Labute approximate surface area is 184 Å². The molecule has 1 saturated carbocycles. The van der Waals surface area contributed by atoms with Gasteiger partial charge >= 0.3 is 0 Å². The van der Waals surface area contributed by atoms with E-state index >= 15 is 0 Å². The van der Waals surface area contributed by atoms with Crippen LogP contribution in [0, 0.1) is 0 Å². The number of rotatable bonds is 6. The first-order valence-corrected chi connectivity index (χ1v) is 11.7. The molecular formula is C19H22Cl2N4O4S. The summed E-state index contributed by atoms with van der Waals surface area (Å²) in [6.45, 7) is -0.442. The SMILES string of the molecule is CN(C1CCCCC1)S(=O)(=O)c1ccccc1NC(=O)Cn1ncc(Cl)c(Cl)c1=O. The Hall–Kier alpha value is -1.94. The van der Waals surface area contributed by atoms with Crippen LogP contribution >= 0.6 is 23.2 Å². The quantitative estimate of drug-likeness (QED) is 0.695. The van der Waals surface area contributed by atoms with E-state index in [0.29, 0.717) is 0 Å². The van der Waals surface area contributed by atoms with Crippen molar-refractivity contribution in [2.75, 3.05) is 12.4 Å². The number of nitrogens with zero attached hydrogens (tertiary/aromatic N) is 3. The van der Waals surface area contributed by atoms with Crippen molar-refractivity contribution in [3.05, 3.63) is 50.9 Å². The first-order valence-electron chi connectivity index (χ1n) is 9.50. The summed E-state index contributed by atoms with van der Waals surface area (Å²) in [4.78, 5) is 24.6. The highest BCUT2D eigenvalue weighted by atomic mass is 35.5. The second kappa shape index (κ2) is 9.47. The molecule has 1 aliphatic rings. The zero-order valence-corrected chi connectivity index (χ0v) is 18.7. The molecule has 0 saturated heterocycles. The minimum Gasteiger partial charge on any atom is -0.323 e. The molecule has 0 bridgehead atoms. The molecule has 0 radical (unpaired) electrons. The van der Waals surface area contributed by atoms with Crippen LogP contribution in [-0.4, -0.2) is 41.5 Å². The number of hydrogen-bond donors (Lipinski definition) is 1. The fraction of sp³-hybridized carbons (Fsp3) is 0.421. The third-order valence-electron chi connectivity index (χ3n) is 5.14. The lowest BCUT2D eigenvalue weighted by Crippen LogP contribution is -2.38. The lowest BCUT2D eigenvalue weighted by Gasteiger charge is -2.30. The molecule has 30 heavy (non-hydrogen) atoms. The van der Waals surface area contributed by atoms with Crippen LogP contribution in [0.5, 0.6) is 0 Å². The van der Waals surface area contributed by atoms with E-state index in [9.17, 15) is 18.0 Å². The van der Waals surface area contributed by atoms with Gasteiger partial charge in [0.05, 0.1) is 16.9 Å². The van der Waals surface area contributed by atoms with Crippen molar-refractivity contribution >= 4 is 44.8 Å². The van der Waals surface area contributed by atoms with Crippen LogP contribution < -0.4 is 10.9 Å². The second-order valence-electron chi connectivity index (χ2n) is 7.13. The Balaban J connectivity index is 1.82. The van der Waals surface area contributed by atoms with E-state index in [2.05, 4.69) is 10.4 Å². The molecule has 0 unspecified atom stereocenters. The monoisotopic (exact) mass is 472 g/mol. The third-order valence-corrected chi connectivity index (χ3v) is 7.86.